The number of fused-ring (bicyclic) bond motifs is 1. The van der Waals surface area contributed by atoms with Crippen LogP contribution in [0.3, 0.4) is 0 Å². The van der Waals surface area contributed by atoms with Crippen LogP contribution < -0.4 is 20.1 Å². The number of amides is 3. The third-order valence-corrected chi connectivity index (χ3v) is 3.89. The smallest absolute Gasteiger partial charge is 0.338 e. The molecule has 0 saturated heterocycles. The van der Waals surface area contributed by atoms with E-state index in [9.17, 15) is 14.4 Å². The Bertz CT molecular complexity index is 654. The molecule has 1 aliphatic carbocycles. The van der Waals surface area contributed by atoms with Gasteiger partial charge in [0.25, 0.3) is 5.91 Å². The first-order valence-electron chi connectivity index (χ1n) is 7.79. The van der Waals surface area contributed by atoms with Gasteiger partial charge in [0, 0.05) is 6.04 Å². The second-order valence-corrected chi connectivity index (χ2v) is 5.65. The van der Waals surface area contributed by atoms with Gasteiger partial charge in [-0.1, -0.05) is 12.8 Å². The van der Waals surface area contributed by atoms with Gasteiger partial charge in [-0.25, -0.2) is 9.59 Å². The Morgan fingerprint density at radius 3 is 2.67 bits per heavy atom. The number of rotatable bonds is 4. The van der Waals surface area contributed by atoms with Crippen LogP contribution in [-0.4, -0.2) is 37.3 Å². The molecular formula is C16H18N2O6. The Balaban J connectivity index is 1.43. The number of ether oxygens (including phenoxy) is 3. The molecule has 3 rings (SSSR count). The number of carbonyl (C=O) groups excluding carboxylic acids is 3. The highest BCUT2D eigenvalue weighted by Crippen LogP contribution is 2.32. The summed E-state index contributed by atoms with van der Waals surface area (Å²) >= 11 is 0. The van der Waals surface area contributed by atoms with Crippen molar-refractivity contribution in [3.8, 4) is 11.5 Å². The molecule has 1 fully saturated rings. The van der Waals surface area contributed by atoms with Crippen molar-refractivity contribution in [1.29, 1.82) is 0 Å². The molecule has 0 unspecified atom stereocenters. The lowest BCUT2D eigenvalue weighted by Crippen LogP contribution is -2.44. The monoisotopic (exact) mass is 334 g/mol. The van der Waals surface area contributed by atoms with Crippen molar-refractivity contribution >= 4 is 17.9 Å². The van der Waals surface area contributed by atoms with Crippen LogP contribution >= 0.6 is 0 Å². The second kappa shape index (κ2) is 7.20. The van der Waals surface area contributed by atoms with E-state index in [1.54, 1.807) is 6.07 Å². The van der Waals surface area contributed by atoms with Crippen LogP contribution in [0.25, 0.3) is 0 Å². The van der Waals surface area contributed by atoms with E-state index in [0.717, 1.165) is 25.7 Å². The molecule has 3 amide bonds. The number of esters is 1. The fraction of sp³-hybridized carbons (Fsp3) is 0.438. The fourth-order valence-corrected chi connectivity index (χ4v) is 2.69. The number of hydrogen-bond acceptors (Lipinski definition) is 6. The molecule has 1 heterocycles. The highest BCUT2D eigenvalue weighted by molar-refractivity contribution is 5.97. The molecular weight excluding hydrogens is 316 g/mol. The molecule has 8 heteroatoms. The fourth-order valence-electron chi connectivity index (χ4n) is 2.69. The first kappa shape index (κ1) is 16.1. The normalized spacial score (nSPS) is 15.8. The Hall–Kier alpha value is -2.77. The van der Waals surface area contributed by atoms with Gasteiger partial charge in [-0.3, -0.25) is 10.1 Å². The van der Waals surface area contributed by atoms with Crippen molar-refractivity contribution < 1.29 is 28.6 Å². The number of benzene rings is 1. The molecule has 1 aliphatic heterocycles. The van der Waals surface area contributed by atoms with E-state index in [0.29, 0.717) is 11.5 Å². The van der Waals surface area contributed by atoms with Gasteiger partial charge in [-0.05, 0) is 31.0 Å². The molecule has 0 aromatic heterocycles. The van der Waals surface area contributed by atoms with Gasteiger partial charge in [0.2, 0.25) is 6.79 Å². The summed E-state index contributed by atoms with van der Waals surface area (Å²) in [5, 5.41) is 4.86. The molecule has 0 radical (unpaired) electrons. The van der Waals surface area contributed by atoms with E-state index in [-0.39, 0.29) is 18.4 Å². The van der Waals surface area contributed by atoms with Gasteiger partial charge in [0.05, 0.1) is 5.56 Å². The molecule has 8 nitrogen and oxygen atoms in total. The van der Waals surface area contributed by atoms with Crippen molar-refractivity contribution in [2.24, 2.45) is 0 Å². The minimum atomic E-state index is -0.681. The van der Waals surface area contributed by atoms with Crippen LogP contribution in [0.2, 0.25) is 0 Å². The van der Waals surface area contributed by atoms with Gasteiger partial charge in [-0.15, -0.1) is 0 Å². The lowest BCUT2D eigenvalue weighted by Gasteiger charge is -2.12. The van der Waals surface area contributed by atoms with Crippen molar-refractivity contribution in [3.05, 3.63) is 23.8 Å². The first-order valence-corrected chi connectivity index (χ1v) is 7.79. The van der Waals surface area contributed by atoms with E-state index in [4.69, 9.17) is 14.2 Å². The predicted octanol–water partition coefficient (Wildman–Crippen LogP) is 1.34. The molecule has 24 heavy (non-hydrogen) atoms. The average molecular weight is 334 g/mol. The van der Waals surface area contributed by atoms with Crippen LogP contribution in [0.4, 0.5) is 4.79 Å². The molecule has 1 aromatic rings. The summed E-state index contributed by atoms with van der Waals surface area (Å²) in [5.41, 5.74) is 0.238. The van der Waals surface area contributed by atoms with Crippen LogP contribution in [0, 0.1) is 0 Å². The topological polar surface area (TPSA) is 103 Å². The Kier molecular flexibility index (Phi) is 4.83. The highest BCUT2D eigenvalue weighted by Gasteiger charge is 2.20. The Morgan fingerprint density at radius 2 is 1.88 bits per heavy atom. The summed E-state index contributed by atoms with van der Waals surface area (Å²) in [7, 11) is 0. The maximum absolute atomic E-state index is 11.9. The Morgan fingerprint density at radius 1 is 1.12 bits per heavy atom. The number of carbonyl (C=O) groups is 3. The first-order chi connectivity index (χ1) is 11.6. The largest absolute Gasteiger partial charge is 0.454 e. The maximum atomic E-state index is 11.9. The lowest BCUT2D eigenvalue weighted by molar-refractivity contribution is -0.123. The van der Waals surface area contributed by atoms with Crippen LogP contribution in [-0.2, 0) is 9.53 Å². The molecule has 0 bridgehead atoms. The lowest BCUT2D eigenvalue weighted by atomic mass is 10.2. The zero-order valence-corrected chi connectivity index (χ0v) is 13.0. The number of urea groups is 1. The Labute approximate surface area is 138 Å². The van der Waals surface area contributed by atoms with Crippen LogP contribution in [0.15, 0.2) is 18.2 Å². The van der Waals surface area contributed by atoms with E-state index in [2.05, 4.69) is 10.6 Å². The van der Waals surface area contributed by atoms with Gasteiger partial charge in [0.15, 0.2) is 18.1 Å². The van der Waals surface area contributed by atoms with Crippen molar-refractivity contribution in [1.82, 2.24) is 10.6 Å². The third kappa shape index (κ3) is 3.95. The molecule has 1 saturated carbocycles. The molecule has 128 valence electrons. The van der Waals surface area contributed by atoms with Crippen LogP contribution in [0.5, 0.6) is 11.5 Å². The summed E-state index contributed by atoms with van der Waals surface area (Å²) in [4.78, 5) is 35.2. The predicted molar refractivity (Wildman–Crippen MR) is 81.8 cm³/mol. The standard InChI is InChI=1S/C16H18N2O6/c19-14(18-16(21)17-11-3-1-2-4-11)8-22-15(20)10-5-6-12-13(7-10)24-9-23-12/h5-7,11H,1-4,8-9H2,(H2,17,18,19,21). The number of nitrogens with one attached hydrogen (secondary N) is 2. The van der Waals surface area contributed by atoms with E-state index in [1.165, 1.54) is 12.1 Å². The second-order valence-electron chi connectivity index (χ2n) is 5.65. The van der Waals surface area contributed by atoms with Crippen molar-refractivity contribution in [3.63, 3.8) is 0 Å². The average Bonchev–Trinajstić information content (AvgIpc) is 3.22. The summed E-state index contributed by atoms with van der Waals surface area (Å²) in [6, 6.07) is 4.13. The minimum absolute atomic E-state index is 0.104. The quantitative estimate of drug-likeness (QED) is 0.806. The van der Waals surface area contributed by atoms with Gasteiger partial charge >= 0.3 is 12.0 Å². The molecule has 1 aromatic carbocycles. The zero-order valence-electron chi connectivity index (χ0n) is 13.0. The number of imide groups is 1. The van der Waals surface area contributed by atoms with Crippen molar-refractivity contribution in [2.75, 3.05) is 13.4 Å². The minimum Gasteiger partial charge on any atom is -0.454 e. The van der Waals surface area contributed by atoms with Crippen molar-refractivity contribution in [2.45, 2.75) is 31.7 Å². The third-order valence-electron chi connectivity index (χ3n) is 3.89. The summed E-state index contributed by atoms with van der Waals surface area (Å²) < 4.78 is 15.2. The van der Waals surface area contributed by atoms with E-state index in [1.807, 2.05) is 0 Å². The van der Waals surface area contributed by atoms with Gasteiger partial charge < -0.3 is 19.5 Å². The van der Waals surface area contributed by atoms with E-state index >= 15 is 0 Å². The summed E-state index contributed by atoms with van der Waals surface area (Å²) in [6.45, 7) is -0.433. The molecule has 2 aliphatic rings. The zero-order chi connectivity index (χ0) is 16.9. The molecule has 2 N–H and O–H groups in total. The number of hydrogen-bond donors (Lipinski definition) is 2. The van der Waals surface area contributed by atoms with Gasteiger partial charge in [-0.2, -0.15) is 0 Å². The molecule has 0 atom stereocenters. The molecule has 0 spiro atoms. The maximum Gasteiger partial charge on any atom is 0.338 e. The van der Waals surface area contributed by atoms with Crippen LogP contribution in [0.1, 0.15) is 36.0 Å². The highest BCUT2D eigenvalue weighted by atomic mass is 16.7. The van der Waals surface area contributed by atoms with E-state index < -0.39 is 24.5 Å². The summed E-state index contributed by atoms with van der Waals surface area (Å²) in [6.07, 6.45) is 3.99. The van der Waals surface area contributed by atoms with Gasteiger partial charge in [0.1, 0.15) is 0 Å². The summed E-state index contributed by atoms with van der Waals surface area (Å²) in [5.74, 6) is -0.364. The SMILES string of the molecule is O=C(COC(=O)c1ccc2c(c1)OCO2)NC(=O)NC1CCCC1.